The molecule has 0 bridgehead atoms. The minimum absolute atomic E-state index is 0.0302. The lowest BCUT2D eigenvalue weighted by atomic mass is 10.00. The van der Waals surface area contributed by atoms with Crippen LogP contribution in [-0.2, 0) is 9.59 Å². The molecule has 3 aromatic carbocycles. The van der Waals surface area contributed by atoms with Crippen LogP contribution in [0.25, 0.3) is 11.3 Å². The summed E-state index contributed by atoms with van der Waals surface area (Å²) in [5.41, 5.74) is 9.82. The van der Waals surface area contributed by atoms with E-state index >= 15 is 0 Å². The molecule has 0 saturated heterocycles. The molecule has 1 aliphatic rings. The van der Waals surface area contributed by atoms with Gasteiger partial charge in [0.25, 0.3) is 5.91 Å². The zero-order valence-corrected chi connectivity index (χ0v) is 16.5. The number of fused-ring (bicyclic) bond motifs is 1. The zero-order valence-electron chi connectivity index (χ0n) is 16.5. The van der Waals surface area contributed by atoms with Crippen molar-refractivity contribution >= 4 is 40.4 Å². The number of nitrogens with one attached hydrogen (secondary N) is 2. The van der Waals surface area contributed by atoms with E-state index in [2.05, 4.69) is 5.32 Å². The van der Waals surface area contributed by atoms with Crippen LogP contribution in [0.3, 0.4) is 0 Å². The highest BCUT2D eigenvalue weighted by Gasteiger charge is 2.36. The van der Waals surface area contributed by atoms with Crippen molar-refractivity contribution in [2.24, 2.45) is 5.73 Å². The van der Waals surface area contributed by atoms with Crippen LogP contribution in [0.15, 0.2) is 78.9 Å². The molecular weight excluding hydrogens is 392 g/mol. The van der Waals surface area contributed by atoms with Crippen molar-refractivity contribution in [2.45, 2.75) is 0 Å². The number of amides is 1. The van der Waals surface area contributed by atoms with Gasteiger partial charge in [-0.1, -0.05) is 48.5 Å². The Morgan fingerprint density at radius 2 is 1.58 bits per heavy atom. The molecule has 4 rings (SSSR count). The summed E-state index contributed by atoms with van der Waals surface area (Å²) in [7, 11) is 0. The van der Waals surface area contributed by atoms with Gasteiger partial charge in [-0.25, -0.2) is 0 Å². The van der Waals surface area contributed by atoms with Crippen molar-refractivity contribution in [3.05, 3.63) is 95.6 Å². The van der Waals surface area contributed by atoms with Gasteiger partial charge in [0, 0.05) is 16.8 Å². The number of aliphatic carboxylic acids is 1. The van der Waals surface area contributed by atoms with E-state index in [0.29, 0.717) is 33.8 Å². The first-order valence-electron chi connectivity index (χ1n) is 9.60. The molecular formula is C24H20N4O3. The Labute approximate surface area is 178 Å². The summed E-state index contributed by atoms with van der Waals surface area (Å²) in [6.07, 6.45) is 0. The number of nitrogen functional groups attached to an aromatic ring is 1. The van der Waals surface area contributed by atoms with Crippen LogP contribution in [0.1, 0.15) is 16.7 Å². The van der Waals surface area contributed by atoms with Crippen molar-refractivity contribution in [3.8, 4) is 0 Å². The normalized spacial score (nSPS) is 14.2. The molecule has 0 saturated carbocycles. The Kier molecular flexibility index (Phi) is 5.24. The SMILES string of the molecule is N=C(N)c1ccc(N/C(=C2\C(=O)N(CC(=O)O)c3ccccc32)c2ccccc2)cc1. The third-order valence-electron chi connectivity index (χ3n) is 4.99. The monoisotopic (exact) mass is 412 g/mol. The number of para-hydroxylation sites is 1. The summed E-state index contributed by atoms with van der Waals surface area (Å²) in [4.78, 5) is 26.0. The third-order valence-corrected chi connectivity index (χ3v) is 4.99. The highest BCUT2D eigenvalue weighted by Crippen LogP contribution is 2.40. The average Bonchev–Trinajstić information content (AvgIpc) is 3.04. The molecule has 0 atom stereocenters. The van der Waals surface area contributed by atoms with Gasteiger partial charge in [0.15, 0.2) is 0 Å². The van der Waals surface area contributed by atoms with Crippen LogP contribution in [0.2, 0.25) is 0 Å². The fraction of sp³-hybridized carbons (Fsp3) is 0.0417. The Morgan fingerprint density at radius 3 is 2.23 bits per heavy atom. The zero-order chi connectivity index (χ0) is 22.0. The third kappa shape index (κ3) is 3.89. The number of nitrogens with two attached hydrogens (primary N) is 1. The van der Waals surface area contributed by atoms with Gasteiger partial charge in [0.05, 0.1) is 17.0 Å². The predicted molar refractivity (Wildman–Crippen MR) is 121 cm³/mol. The number of carboxylic acids is 1. The minimum Gasteiger partial charge on any atom is -0.480 e. The number of carboxylic acid groups (broad SMARTS) is 1. The lowest BCUT2D eigenvalue weighted by Gasteiger charge is -2.16. The van der Waals surface area contributed by atoms with Gasteiger partial charge >= 0.3 is 5.97 Å². The fourth-order valence-electron chi connectivity index (χ4n) is 3.58. The Bertz CT molecular complexity index is 1200. The number of carbonyl (C=O) groups excluding carboxylic acids is 1. The molecule has 1 heterocycles. The van der Waals surface area contributed by atoms with Gasteiger partial charge in [-0.05, 0) is 35.9 Å². The summed E-state index contributed by atoms with van der Waals surface area (Å²) in [6, 6.07) is 23.5. The molecule has 1 amide bonds. The Balaban J connectivity index is 1.87. The van der Waals surface area contributed by atoms with Gasteiger partial charge in [0.1, 0.15) is 12.4 Å². The first kappa shape index (κ1) is 19.9. The van der Waals surface area contributed by atoms with Gasteiger partial charge in [-0.2, -0.15) is 0 Å². The van der Waals surface area contributed by atoms with Crippen LogP contribution in [0.5, 0.6) is 0 Å². The van der Waals surface area contributed by atoms with E-state index < -0.39 is 12.5 Å². The highest BCUT2D eigenvalue weighted by molar-refractivity contribution is 6.38. The van der Waals surface area contributed by atoms with Crippen LogP contribution in [0.4, 0.5) is 11.4 Å². The summed E-state index contributed by atoms with van der Waals surface area (Å²) < 4.78 is 0. The minimum atomic E-state index is -1.08. The maximum atomic E-state index is 13.4. The molecule has 31 heavy (non-hydrogen) atoms. The van der Waals surface area contributed by atoms with Gasteiger partial charge < -0.3 is 16.2 Å². The van der Waals surface area contributed by atoms with E-state index in [4.69, 9.17) is 11.1 Å². The molecule has 0 aromatic heterocycles. The Hall–Kier alpha value is -4.39. The summed E-state index contributed by atoms with van der Waals surface area (Å²) in [5.74, 6) is -1.49. The second-order valence-corrected chi connectivity index (χ2v) is 7.03. The molecule has 0 unspecified atom stereocenters. The van der Waals surface area contributed by atoms with Crippen molar-refractivity contribution in [2.75, 3.05) is 16.8 Å². The molecule has 154 valence electrons. The molecule has 5 N–H and O–H groups in total. The Morgan fingerprint density at radius 1 is 0.935 bits per heavy atom. The quantitative estimate of drug-likeness (QED) is 0.281. The van der Waals surface area contributed by atoms with E-state index in [1.54, 1.807) is 36.4 Å². The first-order valence-corrected chi connectivity index (χ1v) is 9.60. The first-order chi connectivity index (χ1) is 15.0. The summed E-state index contributed by atoms with van der Waals surface area (Å²) >= 11 is 0. The van der Waals surface area contributed by atoms with Crippen molar-refractivity contribution in [3.63, 3.8) is 0 Å². The highest BCUT2D eigenvalue weighted by atomic mass is 16.4. The number of anilines is 2. The van der Waals surface area contributed by atoms with E-state index in [1.807, 2.05) is 42.5 Å². The van der Waals surface area contributed by atoms with E-state index in [1.165, 1.54) is 4.90 Å². The molecule has 1 aliphatic heterocycles. The smallest absolute Gasteiger partial charge is 0.323 e. The molecule has 0 spiro atoms. The molecule has 7 nitrogen and oxygen atoms in total. The maximum absolute atomic E-state index is 13.4. The number of hydrogen-bond acceptors (Lipinski definition) is 4. The van der Waals surface area contributed by atoms with Crippen LogP contribution in [0, 0.1) is 5.41 Å². The molecule has 0 radical (unpaired) electrons. The van der Waals surface area contributed by atoms with Crippen molar-refractivity contribution in [1.29, 1.82) is 5.41 Å². The topological polar surface area (TPSA) is 120 Å². The van der Waals surface area contributed by atoms with Crippen molar-refractivity contribution in [1.82, 2.24) is 0 Å². The molecule has 0 fully saturated rings. The summed E-state index contributed by atoms with van der Waals surface area (Å²) in [5, 5.41) is 20.2. The number of benzene rings is 3. The molecule has 7 heteroatoms. The molecule has 3 aromatic rings. The second kappa shape index (κ2) is 8.16. The largest absolute Gasteiger partial charge is 0.480 e. The van der Waals surface area contributed by atoms with Gasteiger partial charge in [0.2, 0.25) is 0 Å². The number of amidine groups is 1. The van der Waals surface area contributed by atoms with E-state index in [-0.39, 0.29) is 11.7 Å². The van der Waals surface area contributed by atoms with Crippen molar-refractivity contribution < 1.29 is 14.7 Å². The van der Waals surface area contributed by atoms with Gasteiger partial charge in [-0.3, -0.25) is 19.9 Å². The fourth-order valence-corrected chi connectivity index (χ4v) is 3.58. The average molecular weight is 412 g/mol. The van der Waals surface area contributed by atoms with E-state index in [9.17, 15) is 14.7 Å². The second-order valence-electron chi connectivity index (χ2n) is 7.03. The lowest BCUT2D eigenvalue weighted by Crippen LogP contribution is -2.32. The predicted octanol–water partition coefficient (Wildman–Crippen LogP) is 3.38. The van der Waals surface area contributed by atoms with Crippen LogP contribution < -0.4 is 16.0 Å². The number of hydrogen-bond donors (Lipinski definition) is 4. The molecule has 0 aliphatic carbocycles. The maximum Gasteiger partial charge on any atom is 0.323 e. The van der Waals surface area contributed by atoms with Crippen LogP contribution in [-0.4, -0.2) is 29.4 Å². The van der Waals surface area contributed by atoms with Gasteiger partial charge in [-0.15, -0.1) is 0 Å². The number of carbonyl (C=O) groups is 2. The number of nitrogens with zero attached hydrogens (tertiary/aromatic N) is 1. The number of rotatable bonds is 6. The lowest BCUT2D eigenvalue weighted by molar-refractivity contribution is -0.136. The van der Waals surface area contributed by atoms with E-state index in [0.717, 1.165) is 5.56 Å². The standard InChI is InChI=1S/C24H20N4O3/c25-23(26)16-10-12-17(13-11-16)27-22(15-6-2-1-3-7-15)21-18-8-4-5-9-19(18)28(24(21)31)14-20(29)30/h1-13,27H,14H2,(H3,25,26)(H,29,30)/b22-21-. The van der Waals surface area contributed by atoms with Crippen LogP contribution >= 0.6 is 0 Å². The summed E-state index contributed by atoms with van der Waals surface area (Å²) in [6.45, 7) is -0.422.